The number of nitrogens with one attached hydrogen (secondary N) is 1. The lowest BCUT2D eigenvalue weighted by Crippen LogP contribution is -2.44. The summed E-state index contributed by atoms with van der Waals surface area (Å²) in [6.45, 7) is 3.15. The smallest absolute Gasteiger partial charge is 0.340 e. The van der Waals surface area contributed by atoms with E-state index < -0.39 is 0 Å². The van der Waals surface area contributed by atoms with E-state index in [1.54, 1.807) is 0 Å². The van der Waals surface area contributed by atoms with Crippen molar-refractivity contribution in [2.75, 3.05) is 19.0 Å². The van der Waals surface area contributed by atoms with E-state index >= 15 is 0 Å². The Morgan fingerprint density at radius 1 is 1.32 bits per heavy atom. The van der Waals surface area contributed by atoms with Gasteiger partial charge >= 0.3 is 5.97 Å². The lowest BCUT2D eigenvalue weighted by Gasteiger charge is -2.35. The molecule has 1 saturated heterocycles. The molecule has 132 valence electrons. The fourth-order valence-electron chi connectivity index (χ4n) is 3.06. The minimum absolute atomic E-state index is 0.351. The summed E-state index contributed by atoms with van der Waals surface area (Å²) in [6.07, 6.45) is 3.53. The monoisotopic (exact) mass is 374 g/mol. The molecular formula is C19H22N2O2S2. The number of thiocarbonyl (C=S) groups is 1. The molecule has 0 radical (unpaired) electrons. The van der Waals surface area contributed by atoms with Gasteiger partial charge < -0.3 is 15.0 Å². The van der Waals surface area contributed by atoms with E-state index in [1.807, 2.05) is 36.4 Å². The molecule has 0 unspecified atom stereocenters. The zero-order valence-electron chi connectivity index (χ0n) is 14.5. The molecule has 25 heavy (non-hydrogen) atoms. The minimum Gasteiger partial charge on any atom is -0.465 e. The summed E-state index contributed by atoms with van der Waals surface area (Å²) in [5, 5.41) is 4.71. The molecule has 0 bridgehead atoms. The first-order chi connectivity index (χ1) is 12.1. The molecular weight excluding hydrogens is 352 g/mol. The summed E-state index contributed by atoms with van der Waals surface area (Å²) in [4.78, 5) is 15.4. The highest BCUT2D eigenvalue weighted by atomic mass is 32.1. The molecule has 1 aliphatic heterocycles. The molecule has 4 nitrogen and oxygen atoms in total. The van der Waals surface area contributed by atoms with Gasteiger partial charge in [0.2, 0.25) is 0 Å². The fraction of sp³-hybridized carbons (Fsp3) is 0.368. The maximum absolute atomic E-state index is 12.2. The van der Waals surface area contributed by atoms with E-state index in [2.05, 4.69) is 17.1 Å². The molecule has 1 aliphatic rings. The number of rotatable bonds is 3. The quantitative estimate of drug-likeness (QED) is 0.619. The van der Waals surface area contributed by atoms with Gasteiger partial charge in [-0.15, -0.1) is 11.3 Å². The van der Waals surface area contributed by atoms with Crippen LogP contribution in [0.15, 0.2) is 36.4 Å². The molecule has 0 spiro atoms. The van der Waals surface area contributed by atoms with Crippen LogP contribution in [0.4, 0.5) is 5.00 Å². The molecule has 6 heteroatoms. The van der Waals surface area contributed by atoms with Gasteiger partial charge in [0.1, 0.15) is 5.00 Å². The molecule has 1 aromatic carbocycles. The molecule has 1 N–H and O–H groups in total. The summed E-state index contributed by atoms with van der Waals surface area (Å²) in [6, 6.07) is 12.3. The summed E-state index contributed by atoms with van der Waals surface area (Å²) in [7, 11) is 1.40. The third kappa shape index (κ3) is 4.02. The second-order valence-electron chi connectivity index (χ2n) is 6.18. The van der Waals surface area contributed by atoms with E-state index in [0.29, 0.717) is 16.7 Å². The number of methoxy groups -OCH3 is 1. The van der Waals surface area contributed by atoms with Crippen molar-refractivity contribution < 1.29 is 9.53 Å². The average Bonchev–Trinajstić information content (AvgIpc) is 3.06. The van der Waals surface area contributed by atoms with E-state index in [4.69, 9.17) is 17.0 Å². The molecule has 0 aliphatic carbocycles. The highest BCUT2D eigenvalue weighted by Crippen LogP contribution is 2.36. The number of hydrogen-bond acceptors (Lipinski definition) is 4. The third-order valence-corrected chi connectivity index (χ3v) is 5.92. The Balaban J connectivity index is 1.87. The summed E-state index contributed by atoms with van der Waals surface area (Å²) in [5.41, 5.74) is 1.60. The van der Waals surface area contributed by atoms with Gasteiger partial charge in [0, 0.05) is 17.5 Å². The van der Waals surface area contributed by atoms with Crippen molar-refractivity contribution in [2.45, 2.75) is 32.2 Å². The Morgan fingerprint density at radius 2 is 2.08 bits per heavy atom. The first-order valence-corrected chi connectivity index (χ1v) is 9.68. The number of carbonyl (C=O) groups is 1. The number of piperidine rings is 1. The van der Waals surface area contributed by atoms with Crippen LogP contribution in [-0.2, 0) is 4.74 Å². The molecule has 0 saturated carbocycles. The number of ether oxygens (including phenoxy) is 1. The number of esters is 1. The molecule has 0 amide bonds. The van der Waals surface area contributed by atoms with Crippen molar-refractivity contribution >= 4 is 39.6 Å². The van der Waals surface area contributed by atoms with Gasteiger partial charge in [0.15, 0.2) is 5.11 Å². The van der Waals surface area contributed by atoms with Gasteiger partial charge in [-0.25, -0.2) is 4.79 Å². The normalized spacial score (nSPS) is 17.2. The third-order valence-electron chi connectivity index (χ3n) is 4.48. The van der Waals surface area contributed by atoms with Crippen LogP contribution in [0.1, 0.15) is 36.5 Å². The molecule has 1 aromatic heterocycles. The van der Waals surface area contributed by atoms with Crippen LogP contribution in [0, 0.1) is 0 Å². The molecule has 2 heterocycles. The van der Waals surface area contributed by atoms with Gasteiger partial charge in [-0.3, -0.25) is 0 Å². The van der Waals surface area contributed by atoms with E-state index in [9.17, 15) is 4.79 Å². The van der Waals surface area contributed by atoms with Crippen molar-refractivity contribution in [2.24, 2.45) is 0 Å². The van der Waals surface area contributed by atoms with Crippen LogP contribution in [0.3, 0.4) is 0 Å². The number of hydrogen-bond donors (Lipinski definition) is 1. The van der Waals surface area contributed by atoms with Gasteiger partial charge in [-0.05, 0) is 50.0 Å². The van der Waals surface area contributed by atoms with Gasteiger partial charge in [0.05, 0.1) is 12.7 Å². The fourth-order valence-corrected chi connectivity index (χ4v) is 4.55. The minimum atomic E-state index is -0.351. The van der Waals surface area contributed by atoms with Gasteiger partial charge in [-0.2, -0.15) is 0 Å². The predicted molar refractivity (Wildman–Crippen MR) is 107 cm³/mol. The van der Waals surface area contributed by atoms with Crippen molar-refractivity contribution in [1.82, 2.24) is 4.90 Å². The van der Waals surface area contributed by atoms with Crippen LogP contribution in [0.2, 0.25) is 0 Å². The standard InChI is InChI=1S/C19H22N2O2S2/c1-13-8-6-7-11-21(13)19(24)20-17-15(18(22)23-2)12-16(25-17)14-9-4-3-5-10-14/h3-5,9-10,12-13H,6-8,11H2,1-2H3,(H,20,24)/t13-/m1/s1. The summed E-state index contributed by atoms with van der Waals surface area (Å²) < 4.78 is 4.95. The van der Waals surface area contributed by atoms with E-state index in [0.717, 1.165) is 34.8 Å². The second-order valence-corrected chi connectivity index (χ2v) is 7.62. The van der Waals surface area contributed by atoms with E-state index in [-0.39, 0.29) is 5.97 Å². The van der Waals surface area contributed by atoms with Crippen LogP contribution in [-0.4, -0.2) is 35.7 Å². The number of nitrogens with zero attached hydrogens (tertiary/aromatic N) is 1. The largest absolute Gasteiger partial charge is 0.465 e. The van der Waals surface area contributed by atoms with Crippen LogP contribution in [0.25, 0.3) is 10.4 Å². The number of anilines is 1. The van der Waals surface area contributed by atoms with Crippen LogP contribution >= 0.6 is 23.6 Å². The predicted octanol–water partition coefficient (Wildman–Crippen LogP) is 4.77. The van der Waals surface area contributed by atoms with Gasteiger partial charge in [-0.1, -0.05) is 30.3 Å². The molecule has 1 atom stereocenters. The van der Waals surface area contributed by atoms with Crippen molar-refractivity contribution in [3.63, 3.8) is 0 Å². The maximum atomic E-state index is 12.2. The van der Waals surface area contributed by atoms with Crippen molar-refractivity contribution in [1.29, 1.82) is 0 Å². The number of thiophene rings is 1. The lowest BCUT2D eigenvalue weighted by molar-refractivity contribution is 0.0602. The summed E-state index contributed by atoms with van der Waals surface area (Å²) >= 11 is 7.13. The topological polar surface area (TPSA) is 41.6 Å². The Bertz CT molecular complexity index is 758. The van der Waals surface area contributed by atoms with Crippen molar-refractivity contribution in [3.05, 3.63) is 42.0 Å². The first-order valence-electron chi connectivity index (χ1n) is 8.45. The highest BCUT2D eigenvalue weighted by Gasteiger charge is 2.23. The maximum Gasteiger partial charge on any atom is 0.340 e. The molecule has 3 rings (SSSR count). The zero-order chi connectivity index (χ0) is 17.8. The number of benzene rings is 1. The SMILES string of the molecule is COC(=O)c1cc(-c2ccccc2)sc1NC(=S)N1CCCC[C@H]1C. The average molecular weight is 375 g/mol. The molecule has 2 aromatic rings. The Kier molecular flexibility index (Phi) is 5.71. The second kappa shape index (κ2) is 7.97. The lowest BCUT2D eigenvalue weighted by atomic mass is 10.0. The Hall–Kier alpha value is -1.92. The number of carbonyl (C=O) groups excluding carboxylic acids is 1. The molecule has 1 fully saturated rings. The van der Waals surface area contributed by atoms with Crippen LogP contribution in [0.5, 0.6) is 0 Å². The Morgan fingerprint density at radius 3 is 2.76 bits per heavy atom. The first kappa shape index (κ1) is 17.9. The Labute approximate surface area is 157 Å². The van der Waals surface area contributed by atoms with Crippen molar-refractivity contribution in [3.8, 4) is 10.4 Å². The van der Waals surface area contributed by atoms with E-state index in [1.165, 1.54) is 24.9 Å². The van der Waals surface area contributed by atoms with Gasteiger partial charge in [0.25, 0.3) is 0 Å². The number of likely N-dealkylation sites (tertiary alicyclic amines) is 1. The highest BCUT2D eigenvalue weighted by molar-refractivity contribution is 7.80. The summed E-state index contributed by atoms with van der Waals surface area (Å²) in [5.74, 6) is -0.351. The zero-order valence-corrected chi connectivity index (χ0v) is 16.1. The van der Waals surface area contributed by atoms with Crippen LogP contribution < -0.4 is 5.32 Å².